The minimum Gasteiger partial charge on any atom is -0.355 e. The van der Waals surface area contributed by atoms with Crippen LogP contribution in [0.15, 0.2) is 67.0 Å². The van der Waals surface area contributed by atoms with E-state index in [1.165, 1.54) is 25.4 Å². The highest BCUT2D eigenvalue weighted by Gasteiger charge is 2.36. The quantitative estimate of drug-likeness (QED) is 0.229. The fraction of sp³-hybridized carbons (Fsp3) is 0.267. The van der Waals surface area contributed by atoms with E-state index in [2.05, 4.69) is 20.7 Å². The van der Waals surface area contributed by atoms with Crippen LogP contribution in [0.1, 0.15) is 53.2 Å². The van der Waals surface area contributed by atoms with Gasteiger partial charge >= 0.3 is 6.18 Å². The number of amides is 2. The van der Waals surface area contributed by atoms with Gasteiger partial charge in [0.05, 0.1) is 17.3 Å². The Kier molecular flexibility index (Phi) is 9.22. The molecule has 0 bridgehead atoms. The monoisotopic (exact) mass is 603 g/mol. The van der Waals surface area contributed by atoms with Crippen LogP contribution in [0.3, 0.4) is 0 Å². The number of aromatic nitrogens is 3. The average Bonchev–Trinajstić information content (AvgIpc) is 3.42. The van der Waals surface area contributed by atoms with E-state index in [-0.39, 0.29) is 23.2 Å². The standard InChI is InChI=1S/C30H27F6N5O2/c1-16(2)27(41-10-8-25(40-41)30(34,35)36)29(43)39-24(13-17-11-19(31)15-20(32)12-17)26-21(5-4-9-38-26)18-6-7-23(33)22(14-18)28(42)37-3/h4-12,14-16,24,27H,13H2,1-3H3,(H,37,42)(H,39,43)/t24-,27-/m0/s1. The van der Waals surface area contributed by atoms with Crippen molar-refractivity contribution in [1.29, 1.82) is 0 Å². The number of pyridine rings is 1. The lowest BCUT2D eigenvalue weighted by atomic mass is 9.93. The van der Waals surface area contributed by atoms with Crippen LogP contribution >= 0.6 is 0 Å². The molecule has 2 atom stereocenters. The van der Waals surface area contributed by atoms with Crippen LogP contribution in [-0.2, 0) is 17.4 Å². The molecule has 0 aliphatic carbocycles. The zero-order chi connectivity index (χ0) is 31.5. The van der Waals surface area contributed by atoms with Crippen LogP contribution < -0.4 is 10.6 Å². The summed E-state index contributed by atoms with van der Waals surface area (Å²) in [6.07, 6.45) is -2.43. The average molecular weight is 604 g/mol. The van der Waals surface area contributed by atoms with Crippen LogP contribution in [0.25, 0.3) is 11.1 Å². The molecule has 2 heterocycles. The molecule has 2 aromatic carbocycles. The Labute approximate surface area is 242 Å². The topological polar surface area (TPSA) is 88.9 Å². The van der Waals surface area contributed by atoms with Crippen molar-refractivity contribution < 1.29 is 35.9 Å². The molecule has 4 aromatic rings. The summed E-state index contributed by atoms with van der Waals surface area (Å²) in [5, 5.41) is 8.69. The molecule has 7 nitrogen and oxygen atoms in total. The number of halogens is 6. The van der Waals surface area contributed by atoms with Gasteiger partial charge in [-0.25, -0.2) is 13.2 Å². The van der Waals surface area contributed by atoms with E-state index in [1.54, 1.807) is 26.0 Å². The number of nitrogens with one attached hydrogen (secondary N) is 2. The molecule has 0 fully saturated rings. The Bertz CT molecular complexity index is 1620. The van der Waals surface area contributed by atoms with Crippen LogP contribution in [0.2, 0.25) is 0 Å². The van der Waals surface area contributed by atoms with Gasteiger partial charge in [-0.1, -0.05) is 26.0 Å². The maximum atomic E-state index is 14.4. The van der Waals surface area contributed by atoms with Gasteiger partial charge in [-0.05, 0) is 59.9 Å². The van der Waals surface area contributed by atoms with E-state index in [0.717, 1.165) is 35.1 Å². The Morgan fingerprint density at radius 1 is 0.977 bits per heavy atom. The molecule has 2 amide bonds. The van der Waals surface area contributed by atoms with E-state index in [0.29, 0.717) is 17.2 Å². The van der Waals surface area contributed by atoms with Crippen molar-refractivity contribution in [1.82, 2.24) is 25.4 Å². The second kappa shape index (κ2) is 12.7. The van der Waals surface area contributed by atoms with Crippen molar-refractivity contribution in [3.63, 3.8) is 0 Å². The molecule has 2 aromatic heterocycles. The molecular weight excluding hydrogens is 576 g/mol. The van der Waals surface area contributed by atoms with Gasteiger partial charge in [0.25, 0.3) is 5.91 Å². The summed E-state index contributed by atoms with van der Waals surface area (Å²) in [5.74, 6) is -4.41. The summed E-state index contributed by atoms with van der Waals surface area (Å²) in [6.45, 7) is 3.25. The fourth-order valence-electron chi connectivity index (χ4n) is 4.75. The fourth-order valence-corrected chi connectivity index (χ4v) is 4.75. The molecule has 0 spiro atoms. The van der Waals surface area contributed by atoms with Gasteiger partial charge in [0.2, 0.25) is 5.91 Å². The number of hydrogen-bond acceptors (Lipinski definition) is 4. The third-order valence-corrected chi connectivity index (χ3v) is 6.68. The smallest absolute Gasteiger partial charge is 0.355 e. The van der Waals surface area contributed by atoms with Crippen molar-refractivity contribution in [2.45, 2.75) is 38.5 Å². The van der Waals surface area contributed by atoms with Crippen LogP contribution in [0.5, 0.6) is 0 Å². The highest BCUT2D eigenvalue weighted by molar-refractivity contribution is 5.95. The number of alkyl halides is 3. The summed E-state index contributed by atoms with van der Waals surface area (Å²) >= 11 is 0. The highest BCUT2D eigenvalue weighted by atomic mass is 19.4. The van der Waals surface area contributed by atoms with Gasteiger partial charge in [-0.15, -0.1) is 0 Å². The Morgan fingerprint density at radius 2 is 1.67 bits per heavy atom. The zero-order valence-corrected chi connectivity index (χ0v) is 23.2. The number of carbonyl (C=O) groups excluding carboxylic acids is 2. The van der Waals surface area contributed by atoms with E-state index in [4.69, 9.17) is 0 Å². The molecule has 2 N–H and O–H groups in total. The predicted octanol–water partition coefficient (Wildman–Crippen LogP) is 6.04. The number of rotatable bonds is 9. The summed E-state index contributed by atoms with van der Waals surface area (Å²) in [4.78, 5) is 30.4. The molecule has 0 saturated carbocycles. The van der Waals surface area contributed by atoms with Gasteiger partial charge in [0, 0.05) is 31.1 Å². The van der Waals surface area contributed by atoms with E-state index < -0.39 is 59.1 Å². The predicted molar refractivity (Wildman–Crippen MR) is 145 cm³/mol. The maximum absolute atomic E-state index is 14.4. The molecule has 226 valence electrons. The number of carbonyl (C=O) groups is 2. The molecule has 0 radical (unpaired) electrons. The molecule has 0 aliphatic rings. The Hall–Kier alpha value is -4.68. The number of nitrogens with zero attached hydrogens (tertiary/aromatic N) is 3. The maximum Gasteiger partial charge on any atom is 0.435 e. The van der Waals surface area contributed by atoms with Gasteiger partial charge in [-0.2, -0.15) is 18.3 Å². The van der Waals surface area contributed by atoms with Crippen LogP contribution in [0.4, 0.5) is 26.3 Å². The first-order valence-corrected chi connectivity index (χ1v) is 13.1. The van der Waals surface area contributed by atoms with Crippen LogP contribution in [-0.4, -0.2) is 33.6 Å². The van der Waals surface area contributed by atoms with Gasteiger partial charge in [0.1, 0.15) is 23.5 Å². The molecule has 43 heavy (non-hydrogen) atoms. The van der Waals surface area contributed by atoms with E-state index in [1.807, 2.05) is 0 Å². The first-order chi connectivity index (χ1) is 20.3. The molecule has 0 aliphatic heterocycles. The third kappa shape index (κ3) is 7.22. The lowest BCUT2D eigenvalue weighted by Gasteiger charge is -2.26. The largest absolute Gasteiger partial charge is 0.435 e. The van der Waals surface area contributed by atoms with Gasteiger partial charge < -0.3 is 10.6 Å². The van der Waals surface area contributed by atoms with Crippen molar-refractivity contribution in [3.8, 4) is 11.1 Å². The second-order valence-electron chi connectivity index (χ2n) is 10.1. The molecule has 0 unspecified atom stereocenters. The first kappa shape index (κ1) is 31.3. The van der Waals surface area contributed by atoms with Crippen LogP contribution in [0, 0.1) is 23.4 Å². The SMILES string of the molecule is CNC(=O)c1cc(-c2cccnc2[C@H](Cc2cc(F)cc(F)c2)NC(=O)[C@H](C(C)C)n2ccc(C(F)(F)F)n2)ccc1F. The Balaban J connectivity index is 1.80. The van der Waals surface area contributed by atoms with E-state index in [9.17, 15) is 35.9 Å². The third-order valence-electron chi connectivity index (χ3n) is 6.68. The van der Waals surface area contributed by atoms with Gasteiger partial charge in [-0.3, -0.25) is 19.3 Å². The summed E-state index contributed by atoms with van der Waals surface area (Å²) < 4.78 is 83.3. The Morgan fingerprint density at radius 3 is 2.28 bits per heavy atom. The highest BCUT2D eigenvalue weighted by Crippen LogP contribution is 2.32. The van der Waals surface area contributed by atoms with Crippen molar-refractivity contribution in [2.24, 2.45) is 5.92 Å². The molecule has 0 saturated heterocycles. The van der Waals surface area contributed by atoms with Crippen molar-refractivity contribution in [3.05, 3.63) is 107 Å². The van der Waals surface area contributed by atoms with Crippen molar-refractivity contribution >= 4 is 11.8 Å². The summed E-state index contributed by atoms with van der Waals surface area (Å²) in [7, 11) is 1.34. The first-order valence-electron chi connectivity index (χ1n) is 13.1. The minimum absolute atomic E-state index is 0.157. The normalized spacial score (nSPS) is 13.1. The lowest BCUT2D eigenvalue weighted by Crippen LogP contribution is -2.39. The molecule has 13 heteroatoms. The zero-order valence-electron chi connectivity index (χ0n) is 23.2. The molecule has 4 rings (SSSR count). The summed E-state index contributed by atoms with van der Waals surface area (Å²) in [6, 6.07) is 8.31. The van der Waals surface area contributed by atoms with E-state index >= 15 is 0 Å². The summed E-state index contributed by atoms with van der Waals surface area (Å²) in [5.41, 5.74) is -0.336. The van der Waals surface area contributed by atoms with Gasteiger partial charge in [0.15, 0.2) is 5.69 Å². The second-order valence-corrected chi connectivity index (χ2v) is 10.1. The lowest BCUT2D eigenvalue weighted by molar-refractivity contribution is -0.142. The number of benzene rings is 2. The number of hydrogen-bond donors (Lipinski definition) is 2. The van der Waals surface area contributed by atoms with Crippen molar-refractivity contribution in [2.75, 3.05) is 7.05 Å². The minimum atomic E-state index is -4.72. The molecular formula is C30H27F6N5O2.